The molecule has 2 rings (SSSR count). The minimum absolute atomic E-state index is 0.0572. The van der Waals surface area contributed by atoms with Crippen molar-refractivity contribution in [2.75, 3.05) is 39.3 Å². The van der Waals surface area contributed by atoms with Gasteiger partial charge in [0.05, 0.1) is 12.6 Å². The van der Waals surface area contributed by atoms with E-state index in [2.05, 4.69) is 48.5 Å². The van der Waals surface area contributed by atoms with Crippen molar-refractivity contribution < 1.29 is 9.53 Å². The van der Waals surface area contributed by atoms with E-state index in [4.69, 9.17) is 9.73 Å². The van der Waals surface area contributed by atoms with Crippen LogP contribution in [-0.4, -0.2) is 68.2 Å². The first-order valence-corrected chi connectivity index (χ1v) is 12.3. The molecule has 0 bridgehead atoms. The lowest BCUT2D eigenvalue weighted by Gasteiger charge is -2.21. The van der Waals surface area contributed by atoms with Gasteiger partial charge in [-0.15, -0.1) is 0 Å². The van der Waals surface area contributed by atoms with E-state index in [0.29, 0.717) is 24.7 Å². The Bertz CT molecular complexity index is 699. The third-order valence-corrected chi connectivity index (χ3v) is 5.86. The average Bonchev–Trinajstić information content (AvgIpc) is 3.33. The van der Waals surface area contributed by atoms with Gasteiger partial charge in [-0.05, 0) is 76.9 Å². The average molecular weight is 446 g/mol. The summed E-state index contributed by atoms with van der Waals surface area (Å²) in [7, 11) is 0. The first-order valence-electron chi connectivity index (χ1n) is 12.3. The number of nitrogens with zero attached hydrogens (tertiary/aromatic N) is 2. The van der Waals surface area contributed by atoms with Gasteiger partial charge < -0.3 is 25.6 Å². The summed E-state index contributed by atoms with van der Waals surface area (Å²) in [4.78, 5) is 19.7. The van der Waals surface area contributed by atoms with E-state index in [0.717, 1.165) is 70.0 Å². The predicted molar refractivity (Wildman–Crippen MR) is 132 cm³/mol. The van der Waals surface area contributed by atoms with E-state index >= 15 is 0 Å². The second-order valence-corrected chi connectivity index (χ2v) is 8.46. The largest absolute Gasteiger partial charge is 0.376 e. The number of hydrogen-bond donors (Lipinski definition) is 3. The summed E-state index contributed by atoms with van der Waals surface area (Å²) in [5.74, 6) is 0.759. The predicted octanol–water partition coefficient (Wildman–Crippen LogP) is 3.16. The molecule has 1 heterocycles. The highest BCUT2D eigenvalue weighted by atomic mass is 16.5. The smallest absolute Gasteiger partial charge is 0.251 e. The highest BCUT2D eigenvalue weighted by Gasteiger charge is 2.16. The Labute approximate surface area is 194 Å². The van der Waals surface area contributed by atoms with Crippen LogP contribution in [0.15, 0.2) is 29.3 Å². The second kappa shape index (κ2) is 14.9. The quantitative estimate of drug-likeness (QED) is 0.321. The third kappa shape index (κ3) is 9.57. The van der Waals surface area contributed by atoms with E-state index in [1.165, 1.54) is 0 Å². The minimum atomic E-state index is -0.0572. The van der Waals surface area contributed by atoms with Crippen LogP contribution in [0.5, 0.6) is 0 Å². The number of carbonyl (C=O) groups excluding carboxylic acids is 1. The van der Waals surface area contributed by atoms with Crippen LogP contribution in [-0.2, 0) is 11.3 Å². The molecule has 7 heteroatoms. The molecule has 0 radical (unpaired) electrons. The number of carbonyl (C=O) groups is 1. The molecular formula is C25H43N5O2. The van der Waals surface area contributed by atoms with E-state index in [9.17, 15) is 4.79 Å². The van der Waals surface area contributed by atoms with Crippen LogP contribution in [0.25, 0.3) is 0 Å². The molecule has 1 aliphatic rings. The van der Waals surface area contributed by atoms with Crippen molar-refractivity contribution in [3.8, 4) is 0 Å². The van der Waals surface area contributed by atoms with Gasteiger partial charge >= 0.3 is 0 Å². The van der Waals surface area contributed by atoms with Gasteiger partial charge in [-0.1, -0.05) is 26.0 Å². The van der Waals surface area contributed by atoms with Gasteiger partial charge in [-0.2, -0.15) is 0 Å². The van der Waals surface area contributed by atoms with Gasteiger partial charge in [0.1, 0.15) is 0 Å². The molecule has 1 aromatic rings. The Kier molecular flexibility index (Phi) is 12.1. The lowest BCUT2D eigenvalue weighted by Crippen LogP contribution is -2.42. The molecule has 3 N–H and O–H groups in total. The van der Waals surface area contributed by atoms with Crippen LogP contribution in [0.1, 0.15) is 69.3 Å². The molecule has 1 amide bonds. The van der Waals surface area contributed by atoms with Crippen molar-refractivity contribution in [2.24, 2.45) is 4.99 Å². The number of rotatable bonds is 13. The maximum absolute atomic E-state index is 12.5. The Morgan fingerprint density at radius 2 is 2.06 bits per heavy atom. The van der Waals surface area contributed by atoms with Crippen LogP contribution < -0.4 is 16.0 Å². The first kappa shape index (κ1) is 26.1. The zero-order valence-electron chi connectivity index (χ0n) is 20.5. The molecule has 0 saturated carbocycles. The number of nitrogens with one attached hydrogen (secondary N) is 3. The topological polar surface area (TPSA) is 78.0 Å². The van der Waals surface area contributed by atoms with Gasteiger partial charge in [0.25, 0.3) is 5.91 Å². The highest BCUT2D eigenvalue weighted by Crippen LogP contribution is 2.11. The Morgan fingerprint density at radius 1 is 1.25 bits per heavy atom. The van der Waals surface area contributed by atoms with Crippen molar-refractivity contribution >= 4 is 11.9 Å². The number of ether oxygens (including phenoxy) is 1. The van der Waals surface area contributed by atoms with Gasteiger partial charge in [-0.25, -0.2) is 4.99 Å². The standard InChI is InChI=1S/C25H43N5O2/c1-5-26-25(29-20(4)11-9-15-30(6-2)7-3)28-18-21-12-8-13-22(17-21)24(31)27-19-23-14-10-16-32-23/h8,12-13,17,20,23H,5-7,9-11,14-16,18-19H2,1-4H3,(H,27,31)(H2,26,28,29). The number of amides is 1. The lowest BCUT2D eigenvalue weighted by atomic mass is 10.1. The molecule has 2 atom stereocenters. The molecule has 32 heavy (non-hydrogen) atoms. The second-order valence-electron chi connectivity index (χ2n) is 8.46. The molecular weight excluding hydrogens is 402 g/mol. The Hall–Kier alpha value is -2.12. The molecule has 1 aliphatic heterocycles. The van der Waals surface area contributed by atoms with Crippen molar-refractivity contribution in [1.82, 2.24) is 20.9 Å². The summed E-state index contributed by atoms with van der Waals surface area (Å²) in [6.45, 7) is 14.7. The molecule has 1 aromatic carbocycles. The van der Waals surface area contributed by atoms with Gasteiger partial charge in [0.15, 0.2) is 5.96 Å². The van der Waals surface area contributed by atoms with Gasteiger partial charge in [0.2, 0.25) is 0 Å². The van der Waals surface area contributed by atoms with Crippen molar-refractivity contribution in [3.05, 3.63) is 35.4 Å². The number of aliphatic imine (C=N–C) groups is 1. The monoisotopic (exact) mass is 445 g/mol. The fourth-order valence-electron chi connectivity index (χ4n) is 3.88. The van der Waals surface area contributed by atoms with Gasteiger partial charge in [0, 0.05) is 31.3 Å². The highest BCUT2D eigenvalue weighted by molar-refractivity contribution is 5.94. The van der Waals surface area contributed by atoms with Crippen LogP contribution in [0.4, 0.5) is 0 Å². The van der Waals surface area contributed by atoms with E-state index in [1.807, 2.05) is 24.3 Å². The maximum atomic E-state index is 12.5. The molecule has 0 aromatic heterocycles. The Morgan fingerprint density at radius 3 is 2.75 bits per heavy atom. The lowest BCUT2D eigenvalue weighted by molar-refractivity contribution is 0.0857. The van der Waals surface area contributed by atoms with Gasteiger partial charge in [-0.3, -0.25) is 4.79 Å². The maximum Gasteiger partial charge on any atom is 0.251 e. The van der Waals surface area contributed by atoms with E-state index in [1.54, 1.807) is 0 Å². The summed E-state index contributed by atoms with van der Waals surface area (Å²) in [6, 6.07) is 8.04. The molecule has 1 fully saturated rings. The fraction of sp³-hybridized carbons (Fsp3) is 0.680. The van der Waals surface area contributed by atoms with Crippen LogP contribution >= 0.6 is 0 Å². The third-order valence-electron chi connectivity index (χ3n) is 5.86. The number of hydrogen-bond acceptors (Lipinski definition) is 4. The van der Waals surface area contributed by atoms with Crippen molar-refractivity contribution in [3.63, 3.8) is 0 Å². The van der Waals surface area contributed by atoms with E-state index < -0.39 is 0 Å². The van der Waals surface area contributed by atoms with Crippen LogP contribution in [0.3, 0.4) is 0 Å². The molecule has 0 aliphatic carbocycles. The van der Waals surface area contributed by atoms with E-state index in [-0.39, 0.29) is 12.0 Å². The fourth-order valence-corrected chi connectivity index (χ4v) is 3.88. The molecule has 2 unspecified atom stereocenters. The SMILES string of the molecule is CCNC(=NCc1cccc(C(=O)NCC2CCCO2)c1)NC(C)CCCN(CC)CC. The number of benzene rings is 1. The van der Waals surface area contributed by atoms with Crippen LogP contribution in [0.2, 0.25) is 0 Å². The molecule has 1 saturated heterocycles. The van der Waals surface area contributed by atoms with Crippen molar-refractivity contribution in [2.45, 2.75) is 72.1 Å². The van der Waals surface area contributed by atoms with Crippen molar-refractivity contribution in [1.29, 1.82) is 0 Å². The normalized spacial score (nSPS) is 17.4. The number of guanidine groups is 1. The minimum Gasteiger partial charge on any atom is -0.376 e. The summed E-state index contributed by atoms with van der Waals surface area (Å²) in [5, 5.41) is 9.83. The molecule has 0 spiro atoms. The molecule has 180 valence electrons. The first-order chi connectivity index (χ1) is 15.5. The summed E-state index contributed by atoms with van der Waals surface area (Å²) < 4.78 is 5.58. The zero-order chi connectivity index (χ0) is 23.2. The molecule has 7 nitrogen and oxygen atoms in total. The zero-order valence-corrected chi connectivity index (χ0v) is 20.5. The van der Waals surface area contributed by atoms with Crippen LogP contribution in [0, 0.1) is 0 Å². The Balaban J connectivity index is 1.85. The summed E-state index contributed by atoms with van der Waals surface area (Å²) in [6.07, 6.45) is 4.50. The summed E-state index contributed by atoms with van der Waals surface area (Å²) >= 11 is 0. The summed E-state index contributed by atoms with van der Waals surface area (Å²) in [5.41, 5.74) is 1.68.